The first-order valence-corrected chi connectivity index (χ1v) is 11.1. The van der Waals surface area contributed by atoms with E-state index >= 15 is 0 Å². The van der Waals surface area contributed by atoms with Crippen LogP contribution in [0, 0.1) is 17.2 Å². The second-order valence-corrected chi connectivity index (χ2v) is 8.44. The summed E-state index contributed by atoms with van der Waals surface area (Å²) in [5, 5.41) is 9.28. The Kier molecular flexibility index (Phi) is 6.72. The molecule has 0 spiro atoms. The van der Waals surface area contributed by atoms with Crippen molar-refractivity contribution in [1.29, 1.82) is 5.26 Å². The third kappa shape index (κ3) is 4.98. The lowest BCUT2D eigenvalue weighted by molar-refractivity contribution is -0.138. The van der Waals surface area contributed by atoms with Crippen molar-refractivity contribution >= 4 is 17.6 Å². The quantitative estimate of drug-likeness (QED) is 0.687. The van der Waals surface area contributed by atoms with Crippen molar-refractivity contribution < 1.29 is 22.8 Å². The summed E-state index contributed by atoms with van der Waals surface area (Å²) in [5.41, 5.74) is -0.0761. The number of aromatic nitrogens is 1. The van der Waals surface area contributed by atoms with Gasteiger partial charge < -0.3 is 14.7 Å². The van der Waals surface area contributed by atoms with Crippen molar-refractivity contribution in [2.75, 3.05) is 44.2 Å². The van der Waals surface area contributed by atoms with E-state index in [4.69, 9.17) is 0 Å². The molecule has 2 aromatic rings. The van der Waals surface area contributed by atoms with Gasteiger partial charge in [-0.2, -0.15) is 18.4 Å². The van der Waals surface area contributed by atoms with Gasteiger partial charge in [-0.05, 0) is 49.2 Å². The number of halogens is 3. The molecule has 34 heavy (non-hydrogen) atoms. The first-order chi connectivity index (χ1) is 16.3. The molecule has 0 N–H and O–H groups in total. The van der Waals surface area contributed by atoms with Gasteiger partial charge in [0.1, 0.15) is 11.9 Å². The third-order valence-corrected chi connectivity index (χ3v) is 6.39. The summed E-state index contributed by atoms with van der Waals surface area (Å²) in [4.78, 5) is 35.4. The van der Waals surface area contributed by atoms with E-state index in [9.17, 15) is 28.0 Å². The lowest BCUT2D eigenvalue weighted by Crippen LogP contribution is -2.52. The fourth-order valence-electron chi connectivity index (χ4n) is 4.45. The second-order valence-electron chi connectivity index (χ2n) is 8.44. The molecule has 7 nitrogen and oxygen atoms in total. The van der Waals surface area contributed by atoms with Gasteiger partial charge in [-0.25, -0.2) is 4.98 Å². The van der Waals surface area contributed by atoms with Crippen molar-refractivity contribution in [1.82, 2.24) is 14.8 Å². The first kappa shape index (κ1) is 23.5. The fourth-order valence-corrected chi connectivity index (χ4v) is 4.45. The maximum atomic E-state index is 13.0. The largest absolute Gasteiger partial charge is 0.416 e. The number of carbonyl (C=O) groups is 2. The standard InChI is InChI=1S/C24H24F3N5O2/c25-24(26,27)20-5-3-17(4-6-20)22(33)31-10-7-18(8-11-31)23(34)32-14-12-30(13-15-32)21-19(16-28)2-1-9-29-21/h1-6,9,18H,7-8,10-15H2. The minimum Gasteiger partial charge on any atom is -0.352 e. The highest BCUT2D eigenvalue weighted by atomic mass is 19.4. The van der Waals surface area contributed by atoms with E-state index in [1.807, 2.05) is 9.80 Å². The second kappa shape index (κ2) is 9.71. The van der Waals surface area contributed by atoms with Gasteiger partial charge in [-0.1, -0.05) is 0 Å². The van der Waals surface area contributed by atoms with Gasteiger partial charge in [0.05, 0.1) is 11.1 Å². The van der Waals surface area contributed by atoms with Crippen molar-refractivity contribution in [2.24, 2.45) is 5.92 Å². The average molecular weight is 471 g/mol. The van der Waals surface area contributed by atoms with Gasteiger partial charge in [-0.3, -0.25) is 9.59 Å². The number of hydrogen-bond acceptors (Lipinski definition) is 5. The van der Waals surface area contributed by atoms with E-state index < -0.39 is 11.7 Å². The van der Waals surface area contributed by atoms with E-state index in [0.29, 0.717) is 63.5 Å². The SMILES string of the molecule is N#Cc1cccnc1N1CCN(C(=O)C2CCN(C(=O)c3ccc(C(F)(F)F)cc3)CC2)CC1. The van der Waals surface area contributed by atoms with Gasteiger partial charge in [0.15, 0.2) is 0 Å². The topological polar surface area (TPSA) is 80.5 Å². The number of rotatable bonds is 3. The lowest BCUT2D eigenvalue weighted by atomic mass is 9.94. The zero-order valence-electron chi connectivity index (χ0n) is 18.5. The minimum atomic E-state index is -4.44. The fraction of sp³-hybridized carbons (Fsp3) is 0.417. The highest BCUT2D eigenvalue weighted by Gasteiger charge is 2.33. The Balaban J connectivity index is 1.28. The third-order valence-electron chi connectivity index (χ3n) is 6.39. The van der Waals surface area contributed by atoms with Crippen molar-refractivity contribution in [2.45, 2.75) is 19.0 Å². The van der Waals surface area contributed by atoms with Crippen LogP contribution in [0.4, 0.5) is 19.0 Å². The number of piperazine rings is 1. The summed E-state index contributed by atoms with van der Waals surface area (Å²) in [6.45, 7) is 3.01. The maximum absolute atomic E-state index is 13.0. The van der Waals surface area contributed by atoms with Crippen molar-refractivity contribution in [3.63, 3.8) is 0 Å². The summed E-state index contributed by atoms with van der Waals surface area (Å²) in [7, 11) is 0. The Hall–Kier alpha value is -3.61. The molecule has 2 amide bonds. The molecule has 2 fully saturated rings. The summed E-state index contributed by atoms with van der Waals surface area (Å²) >= 11 is 0. The molecule has 10 heteroatoms. The first-order valence-electron chi connectivity index (χ1n) is 11.1. The molecule has 0 aliphatic carbocycles. The Labute approximate surface area is 195 Å². The van der Waals surface area contributed by atoms with Gasteiger partial charge in [0, 0.05) is 56.9 Å². The number of benzene rings is 1. The molecule has 3 heterocycles. The normalized spacial score (nSPS) is 17.4. The van der Waals surface area contributed by atoms with Gasteiger partial charge in [0.25, 0.3) is 5.91 Å². The molecule has 178 valence electrons. The number of carbonyl (C=O) groups excluding carboxylic acids is 2. The predicted molar refractivity (Wildman–Crippen MR) is 118 cm³/mol. The highest BCUT2D eigenvalue weighted by Crippen LogP contribution is 2.30. The van der Waals surface area contributed by atoms with E-state index in [1.165, 1.54) is 12.1 Å². The Morgan fingerprint density at radius 2 is 1.59 bits per heavy atom. The molecule has 4 rings (SSSR count). The number of pyridine rings is 1. The van der Waals surface area contributed by atoms with Crippen LogP contribution in [0.15, 0.2) is 42.6 Å². The molecular formula is C24H24F3N5O2. The summed E-state index contributed by atoms with van der Waals surface area (Å²) in [6, 6.07) is 9.80. The average Bonchev–Trinajstić information content (AvgIpc) is 2.87. The van der Waals surface area contributed by atoms with Crippen LogP contribution in [0.2, 0.25) is 0 Å². The number of hydrogen-bond donors (Lipinski definition) is 0. The van der Waals surface area contributed by atoms with Crippen LogP contribution in [0.3, 0.4) is 0 Å². The molecule has 0 radical (unpaired) electrons. The van der Waals surface area contributed by atoms with Crippen molar-refractivity contribution in [3.05, 3.63) is 59.3 Å². The molecule has 0 unspecified atom stereocenters. The predicted octanol–water partition coefficient (Wildman–Crippen LogP) is 3.17. The molecule has 1 aromatic carbocycles. The smallest absolute Gasteiger partial charge is 0.352 e. The maximum Gasteiger partial charge on any atom is 0.416 e. The summed E-state index contributed by atoms with van der Waals surface area (Å²) < 4.78 is 38.2. The number of nitrogens with zero attached hydrogens (tertiary/aromatic N) is 5. The molecule has 2 aliphatic rings. The zero-order chi connectivity index (χ0) is 24.3. The molecular weight excluding hydrogens is 447 g/mol. The van der Waals surface area contributed by atoms with Gasteiger partial charge in [-0.15, -0.1) is 0 Å². The number of piperidine rings is 1. The van der Waals surface area contributed by atoms with E-state index in [0.717, 1.165) is 12.1 Å². The molecule has 0 atom stereocenters. The molecule has 2 aliphatic heterocycles. The number of anilines is 1. The molecule has 1 aromatic heterocycles. The number of amides is 2. The monoisotopic (exact) mass is 471 g/mol. The van der Waals surface area contributed by atoms with E-state index in [1.54, 1.807) is 23.2 Å². The number of alkyl halides is 3. The van der Waals surface area contributed by atoms with Gasteiger partial charge in [0.2, 0.25) is 5.91 Å². The highest BCUT2D eigenvalue weighted by molar-refractivity contribution is 5.94. The van der Waals surface area contributed by atoms with Crippen molar-refractivity contribution in [3.8, 4) is 6.07 Å². The van der Waals surface area contributed by atoms with Crippen LogP contribution in [0.5, 0.6) is 0 Å². The molecule has 2 saturated heterocycles. The Morgan fingerprint density at radius 1 is 0.941 bits per heavy atom. The Morgan fingerprint density at radius 3 is 2.18 bits per heavy atom. The van der Waals surface area contributed by atoms with Crippen LogP contribution in [-0.2, 0) is 11.0 Å². The van der Waals surface area contributed by atoms with Crippen LogP contribution in [0.25, 0.3) is 0 Å². The summed E-state index contributed by atoms with van der Waals surface area (Å²) in [6.07, 6.45) is -1.76. The summed E-state index contributed by atoms with van der Waals surface area (Å²) in [5.74, 6) is 0.180. The van der Waals surface area contributed by atoms with Gasteiger partial charge >= 0.3 is 6.18 Å². The molecule has 0 saturated carbocycles. The van der Waals surface area contributed by atoms with Crippen LogP contribution in [0.1, 0.15) is 34.3 Å². The molecule has 0 bridgehead atoms. The van der Waals surface area contributed by atoms with Crippen LogP contribution >= 0.6 is 0 Å². The minimum absolute atomic E-state index is 0.0582. The van der Waals surface area contributed by atoms with Crippen LogP contribution < -0.4 is 4.90 Å². The van der Waals surface area contributed by atoms with E-state index in [-0.39, 0.29) is 23.3 Å². The Bertz CT molecular complexity index is 1080. The number of nitriles is 1. The van der Waals surface area contributed by atoms with E-state index in [2.05, 4.69) is 11.1 Å². The zero-order valence-corrected chi connectivity index (χ0v) is 18.5. The van der Waals surface area contributed by atoms with Crippen LogP contribution in [-0.4, -0.2) is 65.9 Å². The number of likely N-dealkylation sites (tertiary alicyclic amines) is 1. The lowest BCUT2D eigenvalue weighted by Gasteiger charge is -2.39.